The van der Waals surface area contributed by atoms with Crippen LogP contribution >= 0.6 is 0 Å². The van der Waals surface area contributed by atoms with Gasteiger partial charge in [0.05, 0.1) is 33.1 Å². The van der Waals surface area contributed by atoms with Crippen molar-refractivity contribution in [3.63, 3.8) is 0 Å². The van der Waals surface area contributed by atoms with Crippen molar-refractivity contribution in [1.82, 2.24) is 0 Å². The van der Waals surface area contributed by atoms with Crippen molar-refractivity contribution >= 4 is 80.2 Å². The van der Waals surface area contributed by atoms with Crippen LogP contribution in [0.2, 0.25) is 0 Å². The fourth-order valence-corrected chi connectivity index (χ4v) is 7.60. The topological polar surface area (TPSA) is 328 Å². The minimum atomic E-state index is -4.10. The van der Waals surface area contributed by atoms with E-state index >= 15 is 0 Å². The number of hydrazine groups is 1. The molecule has 368 valence electrons. The second-order valence-corrected chi connectivity index (χ2v) is 21.0. The summed E-state index contributed by atoms with van der Waals surface area (Å²) < 4.78 is 140. The Balaban J connectivity index is -0.000000775. The van der Waals surface area contributed by atoms with E-state index in [9.17, 15) is 34.6 Å². The zero-order valence-electron chi connectivity index (χ0n) is 39.8. The number of nitrogen functional groups attached to an aromatic ring is 1. The minimum absolute atomic E-state index is 0. The molecule has 3 aliphatic heterocycles. The molecule has 0 radical (unpaired) electrons. The van der Waals surface area contributed by atoms with Crippen molar-refractivity contribution in [3.05, 3.63) is 96.6 Å². The monoisotopic (exact) mass is 1070 g/mol. The summed E-state index contributed by atoms with van der Waals surface area (Å²) in [5.41, 5.74) is 8.51. The largest absolute Gasteiger partial charge is 1.00 e. The van der Waals surface area contributed by atoms with E-state index in [-0.39, 0.29) is 98.0 Å². The summed E-state index contributed by atoms with van der Waals surface area (Å²) in [6, 6.07) is 14.5. The van der Waals surface area contributed by atoms with Gasteiger partial charge in [-0.2, -0.15) is 35.0 Å². The van der Waals surface area contributed by atoms with E-state index in [2.05, 4.69) is 72.5 Å². The maximum absolute atomic E-state index is 10.6. The van der Waals surface area contributed by atoms with Gasteiger partial charge in [-0.1, -0.05) is 59.8 Å². The van der Waals surface area contributed by atoms with Crippen LogP contribution in [0.5, 0.6) is 0 Å². The molecule has 0 atom stereocenters. The van der Waals surface area contributed by atoms with Gasteiger partial charge in [0, 0.05) is 47.2 Å². The third-order valence-corrected chi connectivity index (χ3v) is 12.8. The normalized spacial score (nSPS) is 16.1. The number of nitrogens with two attached hydrogens (primary N) is 1. The SMILES string of the molecule is C=C1N=C2C=C[C-]=C[C+]2C1(C)C.CC(=O)C(C)C.CC1=[N+](CCCCS(=O)(=O)[O-])c2cc[c-]cc2C1(C)C.NNc1ccc(S(=O)(=O)O)cc1.O=S(=O)=O.O=S(=O)=O.O=S1(=O)CCCCO1.[Na+].[Na+]. The van der Waals surface area contributed by atoms with Gasteiger partial charge in [0.1, 0.15) is 18.0 Å². The molecule has 4 aliphatic rings. The predicted molar refractivity (Wildman–Crippen MR) is 246 cm³/mol. The van der Waals surface area contributed by atoms with Gasteiger partial charge in [0.25, 0.3) is 20.2 Å². The molecule has 0 bridgehead atoms. The number of ketones is 1. The van der Waals surface area contributed by atoms with Crippen LogP contribution in [0.25, 0.3) is 0 Å². The molecule has 0 unspecified atom stereocenters. The number of nitrogens with one attached hydrogen (secondary N) is 1. The number of fused-ring (bicyclic) bond motifs is 2. The second-order valence-electron chi connectivity index (χ2n) is 15.5. The molecule has 2 aromatic carbocycles. The summed E-state index contributed by atoms with van der Waals surface area (Å²) in [7, 11) is -17.5. The summed E-state index contributed by atoms with van der Waals surface area (Å²) >= 11 is 0. The number of Topliss-reactive ketones (excluding diaryl/α,β-unsaturated/α-hetero) is 1. The fraction of sp³-hybridized carbons (Fsp3) is 0.463. The molecule has 0 spiro atoms. The average Bonchev–Trinajstić information content (AvgIpc) is 3.55. The van der Waals surface area contributed by atoms with E-state index in [1.54, 1.807) is 6.92 Å². The van der Waals surface area contributed by atoms with Crippen LogP contribution in [-0.2, 0) is 66.0 Å². The van der Waals surface area contributed by atoms with Crippen molar-refractivity contribution in [2.24, 2.45) is 22.2 Å². The van der Waals surface area contributed by atoms with Gasteiger partial charge in [-0.15, -0.1) is 31.3 Å². The number of hydrogen-bond acceptors (Lipinski definition) is 18. The van der Waals surface area contributed by atoms with Crippen LogP contribution in [0.3, 0.4) is 0 Å². The van der Waals surface area contributed by atoms with Gasteiger partial charge < -0.3 is 9.98 Å². The van der Waals surface area contributed by atoms with Crippen molar-refractivity contribution in [2.75, 3.05) is 30.1 Å². The molecule has 27 heteroatoms. The van der Waals surface area contributed by atoms with Crippen molar-refractivity contribution in [1.29, 1.82) is 0 Å². The number of aliphatic imine (C=N–C) groups is 1. The van der Waals surface area contributed by atoms with Crippen LogP contribution in [-0.4, -0.2) is 106 Å². The number of anilines is 1. The Labute approximate surface area is 448 Å². The number of carbonyl (C=O) groups excluding carboxylic acids is 1. The molecular formula is C41H57N4Na2O16S5+. The molecule has 0 saturated carbocycles. The van der Waals surface area contributed by atoms with Crippen LogP contribution in [0.4, 0.5) is 11.4 Å². The number of unbranched alkanes of at least 4 members (excludes halogenated alkanes) is 1. The van der Waals surface area contributed by atoms with Gasteiger partial charge in [-0.05, 0) is 74.6 Å². The molecule has 1 fully saturated rings. The third kappa shape index (κ3) is 27.0. The maximum atomic E-state index is 10.6. The zero-order chi connectivity index (χ0) is 51.3. The summed E-state index contributed by atoms with van der Waals surface area (Å²) in [6.07, 6.45) is 11.7. The molecule has 2 aromatic rings. The van der Waals surface area contributed by atoms with Crippen molar-refractivity contribution in [2.45, 2.75) is 91.4 Å². The Kier molecular flexibility index (Phi) is 33.0. The Hall–Kier alpha value is -2.73. The van der Waals surface area contributed by atoms with Crippen LogP contribution in [0.15, 0.2) is 82.9 Å². The molecule has 0 aromatic heterocycles. The van der Waals surface area contributed by atoms with Gasteiger partial charge in [-0.25, -0.2) is 13.0 Å². The first kappa shape index (κ1) is 69.5. The van der Waals surface area contributed by atoms with E-state index in [1.165, 1.54) is 41.5 Å². The van der Waals surface area contributed by atoms with Crippen LogP contribution in [0, 0.1) is 29.4 Å². The van der Waals surface area contributed by atoms with E-state index in [1.807, 2.05) is 50.3 Å². The predicted octanol–water partition coefficient (Wildman–Crippen LogP) is -1.73. The van der Waals surface area contributed by atoms with Gasteiger partial charge in [-0.3, -0.25) is 24.4 Å². The number of nitrogens with zero attached hydrogens (tertiary/aromatic N) is 2. The van der Waals surface area contributed by atoms with E-state index in [0.29, 0.717) is 25.1 Å². The molecule has 0 amide bonds. The summed E-state index contributed by atoms with van der Waals surface area (Å²) in [4.78, 5) is 14.4. The first-order valence-electron chi connectivity index (χ1n) is 19.6. The maximum Gasteiger partial charge on any atom is 1.00 e. The number of rotatable bonds is 8. The van der Waals surface area contributed by atoms with Crippen molar-refractivity contribution < 1.29 is 132 Å². The molecular weight excluding hydrogens is 1010 g/mol. The number of allylic oxidation sites excluding steroid dienone is 5. The average molecular weight is 1070 g/mol. The second kappa shape index (κ2) is 32.3. The first-order valence-corrected chi connectivity index (χ1v) is 26.2. The molecule has 6 rings (SSSR count). The van der Waals surface area contributed by atoms with Crippen LogP contribution in [0.1, 0.15) is 86.6 Å². The summed E-state index contributed by atoms with van der Waals surface area (Å²) in [5, 5.41) is 0. The summed E-state index contributed by atoms with van der Waals surface area (Å²) in [5.74, 6) is 6.67. The Morgan fingerprint density at radius 3 is 1.94 bits per heavy atom. The Morgan fingerprint density at radius 1 is 1.01 bits per heavy atom. The molecule has 3 heterocycles. The standard InChI is InChI=1S/C15H21NO3S.C11H11N.C6H8N2O3S.C5H10O.C4H8O3S.2Na.2O3S/c1-12-15(2,3)13-8-4-5-9-14(13)16(12)10-6-7-11-20(17,18)19;1-8-11(2,3)9-6-4-5-7-10(9)12-8;7-8-5-1-3-6(4-2-5)12(9,10)11;1-4(2)5(3)6;5-8(6)4-2-1-3-7-8;;;2*1-4(2)3/h5,8-9H,6-7,10-11H2,1-3H3,(H,17,18,19);5-7H,1H2,2-3H3;1-4,8H,7H2,(H,9,10,11);4H,1-3H3;1-4H2;;;;/q;;;;;2*+1;;/p-1. The Morgan fingerprint density at radius 2 is 1.54 bits per heavy atom. The number of hydrogen-bond donors (Lipinski definition) is 3. The molecule has 68 heavy (non-hydrogen) atoms. The smallest absolute Gasteiger partial charge is 0.748 e. The zero-order valence-corrected chi connectivity index (χ0v) is 47.9. The molecule has 1 aliphatic carbocycles. The quantitative estimate of drug-likeness (QED) is 0.0387. The van der Waals surface area contributed by atoms with E-state index in [4.69, 9.17) is 35.6 Å². The molecule has 1 saturated heterocycles. The molecule has 4 N–H and O–H groups in total. The minimum Gasteiger partial charge on any atom is -0.748 e. The van der Waals surface area contributed by atoms with Gasteiger partial charge in [0.15, 0.2) is 5.71 Å². The first-order chi connectivity index (χ1) is 30.2. The Bertz CT molecular complexity index is 2640. The van der Waals surface area contributed by atoms with E-state index < -0.39 is 51.6 Å². The number of carbonyl (C=O) groups is 1. The van der Waals surface area contributed by atoms with Crippen molar-refractivity contribution in [3.8, 4) is 0 Å². The van der Waals surface area contributed by atoms with Crippen LogP contribution < -0.4 is 70.4 Å². The van der Waals surface area contributed by atoms with E-state index in [0.717, 1.165) is 36.5 Å². The van der Waals surface area contributed by atoms with Gasteiger partial charge >= 0.3 is 80.3 Å². The fourth-order valence-electron chi connectivity index (χ4n) is 5.52. The summed E-state index contributed by atoms with van der Waals surface area (Å²) in [6.45, 7) is 21.2. The number of benzene rings is 2. The van der Waals surface area contributed by atoms with Gasteiger partial charge in [0.2, 0.25) is 0 Å². The molecule has 20 nitrogen and oxygen atoms in total. The third-order valence-electron chi connectivity index (χ3n) is 9.82.